The van der Waals surface area contributed by atoms with Gasteiger partial charge in [0.1, 0.15) is 5.75 Å². The Morgan fingerprint density at radius 3 is 2.00 bits per heavy atom. The Hall–Kier alpha value is -4.04. The highest BCUT2D eigenvalue weighted by Gasteiger charge is 2.51. The quantitative estimate of drug-likeness (QED) is 0.273. The van der Waals surface area contributed by atoms with E-state index in [4.69, 9.17) is 9.47 Å². The number of methoxy groups -OCH3 is 1. The minimum Gasteiger partial charge on any atom is -0.496 e. The van der Waals surface area contributed by atoms with E-state index >= 15 is 0 Å². The normalized spacial score (nSPS) is 26.0. The van der Waals surface area contributed by atoms with E-state index in [-0.39, 0.29) is 35.0 Å². The molecule has 0 radical (unpaired) electrons. The predicted octanol–water partition coefficient (Wildman–Crippen LogP) is 6.68. The van der Waals surface area contributed by atoms with Crippen molar-refractivity contribution in [2.75, 3.05) is 12.4 Å². The minimum absolute atomic E-state index is 0.0364. The summed E-state index contributed by atoms with van der Waals surface area (Å²) in [5, 5.41) is 14.2. The Morgan fingerprint density at radius 2 is 1.43 bits per heavy atom. The van der Waals surface area contributed by atoms with Crippen molar-refractivity contribution in [3.63, 3.8) is 0 Å². The molecular formula is C31H31F7N2O6. The summed E-state index contributed by atoms with van der Waals surface area (Å²) in [7, 11) is 1.22. The summed E-state index contributed by atoms with van der Waals surface area (Å²) < 4.78 is 106. The number of hydrogen-bond acceptors (Lipinski definition) is 5. The Labute approximate surface area is 258 Å². The number of hydrogen-bond donors (Lipinski definition) is 3. The molecule has 2 amide bonds. The van der Waals surface area contributed by atoms with E-state index in [0.29, 0.717) is 57.1 Å². The molecule has 0 heterocycles. The van der Waals surface area contributed by atoms with Gasteiger partial charge in [-0.2, -0.15) is 26.3 Å². The van der Waals surface area contributed by atoms with Gasteiger partial charge in [0.15, 0.2) is 11.6 Å². The third kappa shape index (κ3) is 7.02. The molecule has 15 heteroatoms. The van der Waals surface area contributed by atoms with Gasteiger partial charge in [0.05, 0.1) is 41.7 Å². The number of nitrogens with one attached hydrogen (secondary N) is 2. The summed E-state index contributed by atoms with van der Waals surface area (Å²) in [6.45, 7) is 0. The zero-order valence-electron chi connectivity index (χ0n) is 24.4. The fourth-order valence-electron chi connectivity index (χ4n) is 6.94. The number of amides is 2. The van der Waals surface area contributed by atoms with Crippen LogP contribution in [0.4, 0.5) is 36.4 Å². The average Bonchev–Trinajstić information content (AvgIpc) is 3.59. The van der Waals surface area contributed by atoms with Crippen molar-refractivity contribution >= 4 is 23.5 Å². The molecule has 46 heavy (non-hydrogen) atoms. The number of aliphatic carboxylic acids is 1. The maximum atomic E-state index is 14.9. The van der Waals surface area contributed by atoms with Crippen LogP contribution in [0.15, 0.2) is 30.3 Å². The van der Waals surface area contributed by atoms with Crippen LogP contribution in [0, 0.1) is 29.5 Å². The largest absolute Gasteiger partial charge is 0.496 e. The van der Waals surface area contributed by atoms with Gasteiger partial charge in [0.25, 0.3) is 5.91 Å². The van der Waals surface area contributed by atoms with Crippen LogP contribution < -0.4 is 20.1 Å². The minimum atomic E-state index is -5.10. The first-order chi connectivity index (χ1) is 21.5. The van der Waals surface area contributed by atoms with Gasteiger partial charge in [0, 0.05) is 17.8 Å². The van der Waals surface area contributed by atoms with E-state index in [0.717, 1.165) is 12.1 Å². The Kier molecular flexibility index (Phi) is 9.15. The summed E-state index contributed by atoms with van der Waals surface area (Å²) in [4.78, 5) is 38.2. The highest BCUT2D eigenvalue weighted by molar-refractivity contribution is 5.99. The standard InChI is InChI=1S/C31H31F7N2O6/c1-45-23-13-22(32)24(46-20-6-4-14(5-7-20)29(43)44)12-21(23)27(41)40-26-16-3-2-15(8-16)25(26)28(42)39-19-10-17(30(33,34)35)9-18(11-19)31(36,37)38/h9-16,20,25-26H,2-8H2,1H3,(H,39,42)(H,40,41)(H,43,44). The maximum absolute atomic E-state index is 14.9. The Morgan fingerprint density at radius 1 is 0.826 bits per heavy atom. The molecule has 0 spiro atoms. The van der Waals surface area contributed by atoms with Gasteiger partial charge in [-0.15, -0.1) is 0 Å². The van der Waals surface area contributed by atoms with Crippen LogP contribution in [-0.2, 0) is 21.9 Å². The van der Waals surface area contributed by atoms with E-state index in [9.17, 15) is 50.2 Å². The molecule has 8 nitrogen and oxygen atoms in total. The van der Waals surface area contributed by atoms with Crippen molar-refractivity contribution in [3.05, 3.63) is 52.8 Å². The number of ether oxygens (including phenoxy) is 2. The number of rotatable bonds is 8. The van der Waals surface area contributed by atoms with Gasteiger partial charge in [0.2, 0.25) is 5.91 Å². The summed E-state index contributed by atoms with van der Waals surface area (Å²) in [5.41, 5.74) is -3.95. The third-order valence-corrected chi connectivity index (χ3v) is 9.19. The number of alkyl halides is 6. The van der Waals surface area contributed by atoms with E-state index in [1.54, 1.807) is 0 Å². The van der Waals surface area contributed by atoms with Crippen molar-refractivity contribution in [3.8, 4) is 11.5 Å². The lowest BCUT2D eigenvalue weighted by atomic mass is 9.83. The van der Waals surface area contributed by atoms with E-state index in [1.165, 1.54) is 7.11 Å². The number of carboxylic acid groups (broad SMARTS) is 1. The zero-order chi connectivity index (χ0) is 33.6. The van der Waals surface area contributed by atoms with Gasteiger partial charge >= 0.3 is 18.3 Å². The molecule has 2 aromatic carbocycles. The first-order valence-corrected chi connectivity index (χ1v) is 14.7. The summed E-state index contributed by atoms with van der Waals surface area (Å²) >= 11 is 0. The maximum Gasteiger partial charge on any atom is 0.416 e. The van der Waals surface area contributed by atoms with Crippen molar-refractivity contribution in [2.24, 2.45) is 23.7 Å². The number of carbonyl (C=O) groups excluding carboxylic acids is 2. The van der Waals surface area contributed by atoms with Crippen LogP contribution in [0.5, 0.6) is 11.5 Å². The second-order valence-electron chi connectivity index (χ2n) is 12.1. The Bertz CT molecular complexity index is 1470. The molecular weight excluding hydrogens is 629 g/mol. The summed E-state index contributed by atoms with van der Waals surface area (Å²) in [5.74, 6) is -5.65. The van der Waals surface area contributed by atoms with Crippen LogP contribution in [0.2, 0.25) is 0 Å². The van der Waals surface area contributed by atoms with Gasteiger partial charge in [-0.25, -0.2) is 4.39 Å². The molecule has 5 rings (SSSR count). The second-order valence-corrected chi connectivity index (χ2v) is 12.1. The predicted molar refractivity (Wildman–Crippen MR) is 148 cm³/mol. The lowest BCUT2D eigenvalue weighted by molar-refractivity contribution is -0.144. The SMILES string of the molecule is COc1cc(F)c(OC2CCC(C(=O)O)CC2)cc1C(=O)NC1C2CCC(C2)C1C(=O)Nc1cc(C(F)(F)F)cc(C(F)(F)F)c1. The smallest absolute Gasteiger partial charge is 0.416 e. The van der Waals surface area contributed by atoms with Crippen molar-refractivity contribution in [2.45, 2.75) is 69.4 Å². The average molecular weight is 661 g/mol. The van der Waals surface area contributed by atoms with Crippen LogP contribution in [0.25, 0.3) is 0 Å². The third-order valence-electron chi connectivity index (χ3n) is 9.19. The molecule has 0 aromatic heterocycles. The number of carbonyl (C=O) groups is 3. The molecule has 3 N–H and O–H groups in total. The van der Waals surface area contributed by atoms with Gasteiger partial charge in [-0.05, 0) is 81.0 Å². The van der Waals surface area contributed by atoms with Crippen molar-refractivity contribution < 1.29 is 59.7 Å². The molecule has 3 fully saturated rings. The number of fused-ring (bicyclic) bond motifs is 2. The highest BCUT2D eigenvalue weighted by Crippen LogP contribution is 2.49. The molecule has 3 saturated carbocycles. The molecule has 3 aliphatic rings. The summed E-state index contributed by atoms with van der Waals surface area (Å²) in [6.07, 6.45) is -7.55. The molecule has 4 unspecified atom stereocenters. The molecule has 2 aromatic rings. The van der Waals surface area contributed by atoms with Gasteiger partial charge in [-0.3, -0.25) is 14.4 Å². The number of halogens is 7. The van der Waals surface area contributed by atoms with Gasteiger partial charge in [-0.1, -0.05) is 0 Å². The highest BCUT2D eigenvalue weighted by atomic mass is 19.4. The van der Waals surface area contributed by atoms with E-state index in [1.807, 2.05) is 0 Å². The van der Waals surface area contributed by atoms with Crippen LogP contribution >= 0.6 is 0 Å². The number of carboxylic acids is 1. The lowest BCUT2D eigenvalue weighted by Gasteiger charge is -2.31. The fraction of sp³-hybridized carbons (Fsp3) is 0.516. The first-order valence-electron chi connectivity index (χ1n) is 14.7. The molecule has 0 saturated heterocycles. The molecule has 4 atom stereocenters. The van der Waals surface area contributed by atoms with Crippen molar-refractivity contribution in [1.29, 1.82) is 0 Å². The summed E-state index contributed by atoms with van der Waals surface area (Å²) in [6, 6.07) is 2.11. The van der Waals surface area contributed by atoms with Crippen LogP contribution in [0.3, 0.4) is 0 Å². The molecule has 250 valence electrons. The fourth-order valence-corrected chi connectivity index (χ4v) is 6.94. The van der Waals surface area contributed by atoms with Crippen molar-refractivity contribution in [1.82, 2.24) is 5.32 Å². The topological polar surface area (TPSA) is 114 Å². The first kappa shape index (κ1) is 33.3. The number of benzene rings is 2. The number of anilines is 1. The Balaban J connectivity index is 1.35. The van der Waals surface area contributed by atoms with E-state index in [2.05, 4.69) is 10.6 Å². The molecule has 2 bridgehead atoms. The molecule has 3 aliphatic carbocycles. The lowest BCUT2D eigenvalue weighted by Crippen LogP contribution is -2.48. The van der Waals surface area contributed by atoms with Crippen LogP contribution in [-0.4, -0.2) is 42.1 Å². The second kappa shape index (κ2) is 12.6. The molecule has 0 aliphatic heterocycles. The van der Waals surface area contributed by atoms with Gasteiger partial charge < -0.3 is 25.2 Å². The van der Waals surface area contributed by atoms with Crippen LogP contribution in [0.1, 0.15) is 66.4 Å². The van der Waals surface area contributed by atoms with E-state index < -0.39 is 76.7 Å². The monoisotopic (exact) mass is 660 g/mol. The zero-order valence-corrected chi connectivity index (χ0v) is 24.4.